The molecule has 0 atom stereocenters. The number of benzene rings is 2. The van der Waals surface area contributed by atoms with E-state index in [1.807, 2.05) is 60.7 Å². The van der Waals surface area contributed by atoms with Gasteiger partial charge in [0.1, 0.15) is 11.7 Å². The van der Waals surface area contributed by atoms with E-state index in [0.29, 0.717) is 40.7 Å². The third kappa shape index (κ3) is 3.93. The Morgan fingerprint density at radius 3 is 1.68 bits per heavy atom. The van der Waals surface area contributed by atoms with E-state index in [-0.39, 0.29) is 17.5 Å². The van der Waals surface area contributed by atoms with Gasteiger partial charge in [-0.15, -0.1) is 0 Å². The first-order valence-electron chi connectivity index (χ1n) is 9.31. The third-order valence-electron chi connectivity index (χ3n) is 4.88. The van der Waals surface area contributed by atoms with E-state index in [0.717, 1.165) is 18.4 Å². The summed E-state index contributed by atoms with van der Waals surface area (Å²) in [6, 6.07) is 18.7. The number of Topliss-reactive ketones (excluding diaryl/α,β-unsaturated/α-hetero) is 1. The zero-order valence-corrected chi connectivity index (χ0v) is 15.7. The lowest BCUT2D eigenvalue weighted by molar-refractivity contribution is -0.115. The van der Waals surface area contributed by atoms with Crippen LogP contribution >= 0.6 is 0 Å². The van der Waals surface area contributed by atoms with E-state index in [9.17, 15) is 4.79 Å². The van der Waals surface area contributed by atoms with Crippen molar-refractivity contribution in [3.8, 4) is 0 Å². The molecule has 1 aliphatic rings. The number of hydrogen-bond donors (Lipinski definition) is 4. The molecule has 28 heavy (non-hydrogen) atoms. The molecular weight excluding hydrogens is 348 g/mol. The number of allylic oxidation sites excluding steroid dienone is 2. The Kier molecular flexibility index (Phi) is 5.84. The SMILES string of the molecule is N=C(N)/C(=C1\CCCCC(=O)\C1=C(\C(=N)N)c1ccccc1)c1ccccc1. The molecule has 5 heteroatoms. The predicted octanol–water partition coefficient (Wildman–Crippen LogP) is 3.91. The summed E-state index contributed by atoms with van der Waals surface area (Å²) in [7, 11) is 0. The number of carbonyl (C=O) groups excluding carboxylic acids is 1. The summed E-state index contributed by atoms with van der Waals surface area (Å²) >= 11 is 0. The normalized spacial score (nSPS) is 18.2. The Hall–Kier alpha value is -3.47. The molecule has 0 spiro atoms. The highest BCUT2D eigenvalue weighted by Gasteiger charge is 2.28. The molecule has 0 saturated heterocycles. The smallest absolute Gasteiger partial charge is 0.163 e. The summed E-state index contributed by atoms with van der Waals surface area (Å²) in [4.78, 5) is 13.1. The Balaban J connectivity index is 2.40. The van der Waals surface area contributed by atoms with Gasteiger partial charge in [0.05, 0.1) is 0 Å². The molecule has 0 amide bonds. The van der Waals surface area contributed by atoms with Crippen molar-refractivity contribution in [2.75, 3.05) is 0 Å². The van der Waals surface area contributed by atoms with Gasteiger partial charge < -0.3 is 11.5 Å². The van der Waals surface area contributed by atoms with Crippen LogP contribution in [0, 0.1) is 10.8 Å². The van der Waals surface area contributed by atoms with Crippen molar-refractivity contribution in [2.24, 2.45) is 11.5 Å². The number of nitrogens with two attached hydrogens (primary N) is 2. The predicted molar refractivity (Wildman–Crippen MR) is 114 cm³/mol. The molecule has 2 aromatic rings. The first-order chi connectivity index (χ1) is 13.5. The molecule has 0 heterocycles. The molecule has 1 aliphatic carbocycles. The molecule has 142 valence electrons. The molecule has 0 aliphatic heterocycles. The maximum atomic E-state index is 13.1. The lowest BCUT2D eigenvalue weighted by Crippen LogP contribution is -2.21. The summed E-state index contributed by atoms with van der Waals surface area (Å²) in [5, 5.41) is 16.4. The number of nitrogens with one attached hydrogen (secondary N) is 2. The van der Waals surface area contributed by atoms with Gasteiger partial charge in [0.2, 0.25) is 0 Å². The average molecular weight is 372 g/mol. The van der Waals surface area contributed by atoms with Crippen LogP contribution in [-0.2, 0) is 4.79 Å². The molecule has 0 radical (unpaired) electrons. The molecule has 0 bridgehead atoms. The lowest BCUT2D eigenvalue weighted by atomic mass is 9.85. The van der Waals surface area contributed by atoms with Crippen molar-refractivity contribution in [2.45, 2.75) is 25.7 Å². The summed E-state index contributed by atoms with van der Waals surface area (Å²) < 4.78 is 0. The second kappa shape index (κ2) is 8.48. The van der Waals surface area contributed by atoms with Gasteiger partial charge in [-0.25, -0.2) is 0 Å². The fourth-order valence-electron chi connectivity index (χ4n) is 3.68. The van der Waals surface area contributed by atoms with Crippen LogP contribution in [-0.4, -0.2) is 17.5 Å². The van der Waals surface area contributed by atoms with Gasteiger partial charge >= 0.3 is 0 Å². The largest absolute Gasteiger partial charge is 0.384 e. The van der Waals surface area contributed by atoms with Crippen LogP contribution < -0.4 is 11.5 Å². The van der Waals surface area contributed by atoms with E-state index in [1.165, 1.54) is 0 Å². The second-order valence-electron chi connectivity index (χ2n) is 6.79. The second-order valence-corrected chi connectivity index (χ2v) is 6.79. The van der Waals surface area contributed by atoms with Crippen LogP contribution in [0.1, 0.15) is 36.8 Å². The van der Waals surface area contributed by atoms with E-state index < -0.39 is 0 Å². The minimum Gasteiger partial charge on any atom is -0.384 e. The highest BCUT2D eigenvalue weighted by molar-refractivity contribution is 6.31. The lowest BCUT2D eigenvalue weighted by Gasteiger charge is -2.19. The van der Waals surface area contributed by atoms with Gasteiger partial charge in [0.25, 0.3) is 0 Å². The highest BCUT2D eigenvalue weighted by Crippen LogP contribution is 2.36. The quantitative estimate of drug-likeness (QED) is 0.282. The van der Waals surface area contributed by atoms with Crippen LogP contribution in [0.3, 0.4) is 0 Å². The molecule has 6 N–H and O–H groups in total. The van der Waals surface area contributed by atoms with Crippen LogP contribution in [0.5, 0.6) is 0 Å². The molecular formula is C23H24N4O. The van der Waals surface area contributed by atoms with Gasteiger partial charge in [-0.3, -0.25) is 15.6 Å². The van der Waals surface area contributed by atoms with Crippen LogP contribution in [0.15, 0.2) is 71.8 Å². The van der Waals surface area contributed by atoms with Crippen molar-refractivity contribution >= 4 is 28.6 Å². The monoisotopic (exact) mass is 372 g/mol. The van der Waals surface area contributed by atoms with Gasteiger partial charge in [-0.2, -0.15) is 0 Å². The zero-order valence-electron chi connectivity index (χ0n) is 15.7. The van der Waals surface area contributed by atoms with Crippen molar-refractivity contribution in [1.29, 1.82) is 10.8 Å². The third-order valence-corrected chi connectivity index (χ3v) is 4.88. The summed E-state index contributed by atoms with van der Waals surface area (Å²) in [5.41, 5.74) is 15.5. The Morgan fingerprint density at radius 2 is 1.18 bits per heavy atom. The van der Waals surface area contributed by atoms with Gasteiger partial charge in [-0.05, 0) is 36.0 Å². The minimum atomic E-state index is -0.162. The van der Waals surface area contributed by atoms with Crippen molar-refractivity contribution < 1.29 is 4.79 Å². The van der Waals surface area contributed by atoms with E-state index >= 15 is 0 Å². The highest BCUT2D eigenvalue weighted by atomic mass is 16.1. The number of rotatable bonds is 4. The molecule has 1 fully saturated rings. The van der Waals surface area contributed by atoms with Crippen molar-refractivity contribution in [1.82, 2.24) is 0 Å². The summed E-state index contributed by atoms with van der Waals surface area (Å²) in [6.45, 7) is 0. The Bertz CT molecular complexity index is 972. The number of ketones is 1. The minimum absolute atomic E-state index is 0.0590. The van der Waals surface area contributed by atoms with Crippen LogP contribution in [0.4, 0.5) is 0 Å². The fourth-order valence-corrected chi connectivity index (χ4v) is 3.68. The van der Waals surface area contributed by atoms with Crippen LogP contribution in [0.2, 0.25) is 0 Å². The number of amidine groups is 2. The topological polar surface area (TPSA) is 117 Å². The zero-order chi connectivity index (χ0) is 20.1. The number of hydrogen-bond acceptors (Lipinski definition) is 3. The maximum absolute atomic E-state index is 13.1. The molecule has 5 nitrogen and oxygen atoms in total. The number of carbonyl (C=O) groups is 1. The van der Waals surface area contributed by atoms with Gasteiger partial charge in [0.15, 0.2) is 5.78 Å². The van der Waals surface area contributed by atoms with E-state index in [4.69, 9.17) is 22.3 Å². The molecule has 0 unspecified atom stereocenters. The first kappa shape index (κ1) is 19.3. The first-order valence-corrected chi connectivity index (χ1v) is 9.31. The molecule has 3 rings (SSSR count). The van der Waals surface area contributed by atoms with E-state index in [1.54, 1.807) is 0 Å². The molecule has 0 aromatic heterocycles. The summed E-state index contributed by atoms with van der Waals surface area (Å²) in [5.74, 6) is -0.314. The van der Waals surface area contributed by atoms with Crippen molar-refractivity contribution in [3.63, 3.8) is 0 Å². The molecule has 1 saturated carbocycles. The van der Waals surface area contributed by atoms with Gasteiger partial charge in [-0.1, -0.05) is 60.7 Å². The van der Waals surface area contributed by atoms with E-state index in [2.05, 4.69) is 0 Å². The van der Waals surface area contributed by atoms with Gasteiger partial charge in [0, 0.05) is 23.1 Å². The Labute approximate surface area is 164 Å². The standard InChI is InChI=1S/C23H24N4O/c24-22(25)19(15-9-3-1-4-10-15)17-13-7-8-14-18(28)21(17)20(23(26)27)16-11-5-2-6-12-16/h1-6,9-12H,7-8,13-14H2,(H3,24,25)(H3,26,27)/b19-17+,21-20+. The van der Waals surface area contributed by atoms with Crippen LogP contribution in [0.25, 0.3) is 11.1 Å². The average Bonchev–Trinajstić information content (AvgIpc) is 2.86. The van der Waals surface area contributed by atoms with Crippen molar-refractivity contribution in [3.05, 3.63) is 82.9 Å². The fraction of sp³-hybridized carbons (Fsp3) is 0.174. The Morgan fingerprint density at radius 1 is 0.714 bits per heavy atom. The maximum Gasteiger partial charge on any atom is 0.163 e. The summed E-state index contributed by atoms with van der Waals surface area (Å²) in [6.07, 6.45) is 2.57. The molecule has 2 aromatic carbocycles.